The van der Waals surface area contributed by atoms with Crippen LogP contribution in [0.2, 0.25) is 0 Å². The second-order valence-electron chi connectivity index (χ2n) is 6.74. The zero-order chi connectivity index (χ0) is 20.4. The Morgan fingerprint density at radius 2 is 1.59 bits per heavy atom. The lowest BCUT2D eigenvalue weighted by molar-refractivity contribution is -0.140. The summed E-state index contributed by atoms with van der Waals surface area (Å²) in [7, 11) is 0. The first-order valence-corrected chi connectivity index (χ1v) is 9.08. The van der Waals surface area contributed by atoms with Crippen LogP contribution in [0.15, 0.2) is 84.7 Å². The summed E-state index contributed by atoms with van der Waals surface area (Å²) in [5.41, 5.74) is 1.91. The maximum atomic E-state index is 12.9. The Morgan fingerprint density at radius 1 is 0.931 bits per heavy atom. The van der Waals surface area contributed by atoms with Gasteiger partial charge in [0.1, 0.15) is 11.5 Å². The van der Waals surface area contributed by atoms with Gasteiger partial charge in [-0.05, 0) is 35.4 Å². The summed E-state index contributed by atoms with van der Waals surface area (Å²) in [6.45, 7) is 0.185. The zero-order valence-electron chi connectivity index (χ0n) is 15.4. The second-order valence-corrected chi connectivity index (χ2v) is 6.74. The molecule has 3 aromatic rings. The number of rotatable bonds is 4. The number of likely N-dealkylation sites (tertiary alicyclic amines) is 1. The topological polar surface area (TPSA) is 90.7 Å². The Morgan fingerprint density at radius 3 is 2.24 bits per heavy atom. The largest absolute Gasteiger partial charge is 0.508 e. The highest BCUT2D eigenvalue weighted by atomic mass is 16.3. The van der Waals surface area contributed by atoms with Crippen molar-refractivity contribution >= 4 is 17.4 Å². The number of pyridine rings is 1. The van der Waals surface area contributed by atoms with E-state index in [0.29, 0.717) is 11.1 Å². The number of carbonyl (C=O) groups is 2. The number of aromatic nitrogens is 1. The van der Waals surface area contributed by atoms with Crippen molar-refractivity contribution in [3.63, 3.8) is 0 Å². The summed E-state index contributed by atoms with van der Waals surface area (Å²) >= 11 is 0. The van der Waals surface area contributed by atoms with Crippen LogP contribution in [0.5, 0.6) is 5.75 Å². The van der Waals surface area contributed by atoms with Crippen LogP contribution in [0, 0.1) is 0 Å². The maximum Gasteiger partial charge on any atom is 0.295 e. The Balaban J connectivity index is 1.86. The number of aliphatic hydroxyl groups excluding tert-OH is 1. The monoisotopic (exact) mass is 386 g/mol. The summed E-state index contributed by atoms with van der Waals surface area (Å²) in [5, 5.41) is 20.5. The Labute approximate surface area is 167 Å². The normalized spacial score (nSPS) is 18.2. The Bertz CT molecular complexity index is 1080. The smallest absolute Gasteiger partial charge is 0.295 e. The molecule has 2 heterocycles. The molecule has 2 N–H and O–H groups in total. The number of nitrogens with zero attached hydrogens (tertiary/aromatic N) is 2. The molecular formula is C23H18N2O4. The van der Waals surface area contributed by atoms with E-state index in [1.807, 2.05) is 0 Å². The summed E-state index contributed by atoms with van der Waals surface area (Å²) < 4.78 is 0. The standard InChI is InChI=1S/C23H18N2O4/c26-18-8-6-16(7-9-18)20-19(21(27)17-4-2-1-3-5-17)22(28)23(29)25(20)14-15-10-12-24-13-11-15/h1-13,20,26-27H,14H2/b21-19+. The molecule has 6 nitrogen and oxygen atoms in total. The molecule has 0 bridgehead atoms. The van der Waals surface area contributed by atoms with E-state index >= 15 is 0 Å². The number of Topliss-reactive ketones (excluding diaryl/α,β-unsaturated/α-hetero) is 1. The van der Waals surface area contributed by atoms with Gasteiger partial charge in [-0.2, -0.15) is 0 Å². The fourth-order valence-electron chi connectivity index (χ4n) is 3.48. The highest BCUT2D eigenvalue weighted by Crippen LogP contribution is 2.40. The quantitative estimate of drug-likeness (QED) is 0.407. The van der Waals surface area contributed by atoms with Crippen LogP contribution in [0.25, 0.3) is 5.76 Å². The predicted molar refractivity (Wildman–Crippen MR) is 107 cm³/mol. The van der Waals surface area contributed by atoms with Crippen LogP contribution >= 0.6 is 0 Å². The molecular weight excluding hydrogens is 368 g/mol. The third-order valence-electron chi connectivity index (χ3n) is 4.90. The zero-order valence-corrected chi connectivity index (χ0v) is 15.4. The average molecular weight is 386 g/mol. The molecule has 29 heavy (non-hydrogen) atoms. The number of benzene rings is 2. The van der Waals surface area contributed by atoms with Gasteiger partial charge in [-0.3, -0.25) is 14.6 Å². The summed E-state index contributed by atoms with van der Waals surface area (Å²) in [6, 6.07) is 17.7. The lowest BCUT2D eigenvalue weighted by atomic mass is 9.95. The van der Waals surface area contributed by atoms with Gasteiger partial charge in [0.25, 0.3) is 11.7 Å². The number of phenolic OH excluding ortho intramolecular Hbond substituents is 1. The van der Waals surface area contributed by atoms with Crippen molar-refractivity contribution in [2.45, 2.75) is 12.6 Å². The van der Waals surface area contributed by atoms with Gasteiger partial charge < -0.3 is 15.1 Å². The molecule has 1 aliphatic rings. The molecule has 2 aromatic carbocycles. The number of hydrogen-bond donors (Lipinski definition) is 2. The highest BCUT2D eigenvalue weighted by molar-refractivity contribution is 6.46. The van der Waals surface area contributed by atoms with Crippen molar-refractivity contribution in [3.05, 3.63) is 101 Å². The van der Waals surface area contributed by atoms with E-state index in [2.05, 4.69) is 4.98 Å². The second kappa shape index (κ2) is 7.59. The van der Waals surface area contributed by atoms with E-state index in [4.69, 9.17) is 0 Å². The third-order valence-corrected chi connectivity index (χ3v) is 4.90. The van der Waals surface area contributed by atoms with Gasteiger partial charge in [-0.1, -0.05) is 42.5 Å². The molecule has 144 valence electrons. The van der Waals surface area contributed by atoms with Gasteiger partial charge in [0, 0.05) is 24.5 Å². The predicted octanol–water partition coefficient (Wildman–Crippen LogP) is 3.41. The molecule has 0 aliphatic carbocycles. The van der Waals surface area contributed by atoms with Crippen LogP contribution in [0.4, 0.5) is 0 Å². The molecule has 0 radical (unpaired) electrons. The van der Waals surface area contributed by atoms with Gasteiger partial charge in [-0.25, -0.2) is 0 Å². The Hall–Kier alpha value is -3.93. The highest BCUT2D eigenvalue weighted by Gasteiger charge is 2.46. The number of hydrogen-bond acceptors (Lipinski definition) is 5. The van der Waals surface area contributed by atoms with Crippen LogP contribution in [-0.4, -0.2) is 31.8 Å². The van der Waals surface area contributed by atoms with Crippen molar-refractivity contribution in [1.82, 2.24) is 9.88 Å². The fraction of sp³-hybridized carbons (Fsp3) is 0.0870. The van der Waals surface area contributed by atoms with Crippen molar-refractivity contribution in [2.24, 2.45) is 0 Å². The minimum absolute atomic E-state index is 0.0287. The third kappa shape index (κ3) is 3.48. The van der Waals surface area contributed by atoms with Crippen molar-refractivity contribution in [3.8, 4) is 5.75 Å². The SMILES string of the molecule is O=C1C(=O)N(Cc2ccncc2)C(c2ccc(O)cc2)/C1=C(\O)c1ccccc1. The molecule has 1 atom stereocenters. The minimum atomic E-state index is -0.774. The van der Waals surface area contributed by atoms with E-state index < -0.39 is 17.7 Å². The molecule has 1 aliphatic heterocycles. The van der Waals surface area contributed by atoms with Gasteiger partial charge in [0.2, 0.25) is 0 Å². The van der Waals surface area contributed by atoms with Crippen molar-refractivity contribution < 1.29 is 19.8 Å². The molecule has 1 saturated heterocycles. The number of aromatic hydroxyl groups is 1. The lowest BCUT2D eigenvalue weighted by Crippen LogP contribution is -2.29. The number of carbonyl (C=O) groups excluding carboxylic acids is 2. The molecule has 6 heteroatoms. The average Bonchev–Trinajstić information content (AvgIpc) is 3.00. The van der Waals surface area contributed by atoms with Gasteiger partial charge in [0.15, 0.2) is 0 Å². The van der Waals surface area contributed by atoms with Crippen LogP contribution in [0.1, 0.15) is 22.7 Å². The van der Waals surface area contributed by atoms with Crippen molar-refractivity contribution in [1.29, 1.82) is 0 Å². The van der Waals surface area contributed by atoms with Crippen LogP contribution in [-0.2, 0) is 16.1 Å². The first-order chi connectivity index (χ1) is 14.1. The van der Waals surface area contributed by atoms with Gasteiger partial charge in [0.05, 0.1) is 11.6 Å². The van der Waals surface area contributed by atoms with Gasteiger partial charge >= 0.3 is 0 Å². The number of aliphatic hydroxyl groups is 1. The summed E-state index contributed by atoms with van der Waals surface area (Å²) in [5.74, 6) is -1.57. The number of amides is 1. The molecule has 1 fully saturated rings. The van der Waals surface area contributed by atoms with E-state index in [9.17, 15) is 19.8 Å². The van der Waals surface area contributed by atoms with Crippen molar-refractivity contribution in [2.75, 3.05) is 0 Å². The van der Waals surface area contributed by atoms with E-state index in [1.54, 1.807) is 67.0 Å². The van der Waals surface area contributed by atoms with E-state index in [-0.39, 0.29) is 23.6 Å². The molecule has 0 saturated carbocycles. The number of phenols is 1. The molecule has 1 aromatic heterocycles. The molecule has 0 spiro atoms. The van der Waals surface area contributed by atoms with Crippen LogP contribution < -0.4 is 0 Å². The van der Waals surface area contributed by atoms with Gasteiger partial charge in [-0.15, -0.1) is 0 Å². The lowest BCUT2D eigenvalue weighted by Gasteiger charge is -2.25. The van der Waals surface area contributed by atoms with Crippen LogP contribution in [0.3, 0.4) is 0 Å². The number of ketones is 1. The molecule has 4 rings (SSSR count). The minimum Gasteiger partial charge on any atom is -0.508 e. The van der Waals surface area contributed by atoms with E-state index in [1.165, 1.54) is 17.0 Å². The fourth-order valence-corrected chi connectivity index (χ4v) is 3.48. The first-order valence-electron chi connectivity index (χ1n) is 9.08. The maximum absolute atomic E-state index is 12.9. The summed E-state index contributed by atoms with van der Waals surface area (Å²) in [6.07, 6.45) is 3.23. The molecule has 1 amide bonds. The Kier molecular flexibility index (Phi) is 4.83. The first kappa shape index (κ1) is 18.4. The molecule has 1 unspecified atom stereocenters. The summed E-state index contributed by atoms with van der Waals surface area (Å²) in [4.78, 5) is 31.2. The van der Waals surface area contributed by atoms with E-state index in [0.717, 1.165) is 5.56 Å².